The number of hydrogen-bond acceptors (Lipinski definition) is 7. The van der Waals surface area contributed by atoms with Crippen LogP contribution in [0.5, 0.6) is 5.75 Å². The minimum atomic E-state index is -0.712. The first kappa shape index (κ1) is 18.5. The molecule has 0 saturated carbocycles. The van der Waals surface area contributed by atoms with Gasteiger partial charge in [0.25, 0.3) is 5.91 Å². The third-order valence-corrected chi connectivity index (χ3v) is 4.51. The van der Waals surface area contributed by atoms with E-state index < -0.39 is 24.5 Å². The highest BCUT2D eigenvalue weighted by Crippen LogP contribution is 2.33. The summed E-state index contributed by atoms with van der Waals surface area (Å²) in [5.41, 5.74) is 1.59. The third kappa shape index (κ3) is 3.91. The number of esters is 1. The molecule has 0 spiro atoms. The minimum absolute atomic E-state index is 0.0317. The molecule has 148 valence electrons. The van der Waals surface area contributed by atoms with E-state index in [1.54, 1.807) is 31.6 Å². The van der Waals surface area contributed by atoms with Gasteiger partial charge in [0.15, 0.2) is 6.61 Å². The Morgan fingerprint density at radius 1 is 1.10 bits per heavy atom. The van der Waals surface area contributed by atoms with Gasteiger partial charge in [-0.2, -0.15) is 5.10 Å². The second-order valence-corrected chi connectivity index (χ2v) is 6.30. The standard InChI is InChI=1S/C21H18N2O6/c1-26-15-8-6-14(7-9-15)16-12-17(18-4-2-10-27-18)23(22-16)20(24)13-29-21(25)19-5-3-11-28-19/h2-11,17H,12-13H2,1H3. The summed E-state index contributed by atoms with van der Waals surface area (Å²) in [5.74, 6) is 0.186. The van der Waals surface area contributed by atoms with Crippen LogP contribution in [0, 0.1) is 0 Å². The highest BCUT2D eigenvalue weighted by Gasteiger charge is 2.35. The van der Waals surface area contributed by atoms with Crippen LogP contribution in [0.4, 0.5) is 0 Å². The molecule has 0 aliphatic carbocycles. The lowest BCUT2D eigenvalue weighted by Crippen LogP contribution is -2.31. The summed E-state index contributed by atoms with van der Waals surface area (Å²) in [6.07, 6.45) is 3.37. The van der Waals surface area contributed by atoms with Crippen LogP contribution in [0.3, 0.4) is 0 Å². The molecule has 0 fully saturated rings. The first-order valence-corrected chi connectivity index (χ1v) is 8.93. The normalized spacial score (nSPS) is 15.8. The van der Waals surface area contributed by atoms with Crippen molar-refractivity contribution in [2.24, 2.45) is 5.10 Å². The van der Waals surface area contributed by atoms with Crippen LogP contribution in [-0.4, -0.2) is 36.3 Å². The molecule has 1 amide bonds. The van der Waals surface area contributed by atoms with Crippen molar-refractivity contribution in [3.8, 4) is 5.75 Å². The van der Waals surface area contributed by atoms with Gasteiger partial charge in [-0.25, -0.2) is 9.80 Å². The molecule has 1 aromatic carbocycles. The molecule has 29 heavy (non-hydrogen) atoms. The number of nitrogens with zero attached hydrogens (tertiary/aromatic N) is 2. The van der Waals surface area contributed by atoms with E-state index in [1.165, 1.54) is 17.3 Å². The van der Waals surface area contributed by atoms with E-state index in [-0.39, 0.29) is 5.76 Å². The molecule has 0 bridgehead atoms. The fraction of sp³-hybridized carbons (Fsp3) is 0.190. The maximum Gasteiger partial charge on any atom is 0.374 e. The molecule has 4 rings (SSSR count). The lowest BCUT2D eigenvalue weighted by molar-refractivity contribution is -0.136. The van der Waals surface area contributed by atoms with Crippen molar-refractivity contribution >= 4 is 17.6 Å². The van der Waals surface area contributed by atoms with Crippen LogP contribution in [0.25, 0.3) is 0 Å². The molecule has 8 heteroatoms. The average molecular weight is 394 g/mol. The Morgan fingerprint density at radius 2 is 1.86 bits per heavy atom. The van der Waals surface area contributed by atoms with Gasteiger partial charge in [0, 0.05) is 6.42 Å². The monoisotopic (exact) mass is 394 g/mol. The molecule has 8 nitrogen and oxygen atoms in total. The zero-order valence-corrected chi connectivity index (χ0v) is 15.6. The molecule has 1 aliphatic heterocycles. The number of carbonyl (C=O) groups is 2. The van der Waals surface area contributed by atoms with Crippen molar-refractivity contribution in [2.45, 2.75) is 12.5 Å². The van der Waals surface area contributed by atoms with E-state index in [0.29, 0.717) is 12.2 Å². The van der Waals surface area contributed by atoms with E-state index in [0.717, 1.165) is 17.0 Å². The van der Waals surface area contributed by atoms with Crippen LogP contribution >= 0.6 is 0 Å². The second-order valence-electron chi connectivity index (χ2n) is 6.30. The second kappa shape index (κ2) is 8.05. The van der Waals surface area contributed by atoms with Crippen molar-refractivity contribution in [3.63, 3.8) is 0 Å². The smallest absolute Gasteiger partial charge is 0.374 e. The highest BCUT2D eigenvalue weighted by atomic mass is 16.5. The van der Waals surface area contributed by atoms with E-state index in [1.807, 2.05) is 24.3 Å². The van der Waals surface area contributed by atoms with Gasteiger partial charge >= 0.3 is 5.97 Å². The van der Waals surface area contributed by atoms with E-state index in [2.05, 4.69) is 5.10 Å². The molecule has 1 atom stereocenters. The molecule has 3 heterocycles. The summed E-state index contributed by atoms with van der Waals surface area (Å²) < 4.78 is 20.7. The number of amides is 1. The molecule has 0 saturated heterocycles. The molecule has 0 N–H and O–H groups in total. The molecular weight excluding hydrogens is 376 g/mol. The zero-order valence-electron chi connectivity index (χ0n) is 15.6. The number of ether oxygens (including phenoxy) is 2. The van der Waals surface area contributed by atoms with Crippen LogP contribution in [-0.2, 0) is 9.53 Å². The van der Waals surface area contributed by atoms with Gasteiger partial charge in [0.2, 0.25) is 5.76 Å². The molecule has 1 unspecified atom stereocenters. The summed E-state index contributed by atoms with van der Waals surface area (Å²) in [6, 6.07) is 13.6. The van der Waals surface area contributed by atoms with Gasteiger partial charge in [-0.05, 0) is 54.1 Å². The van der Waals surface area contributed by atoms with Gasteiger partial charge in [0.05, 0.1) is 25.3 Å². The summed E-state index contributed by atoms with van der Waals surface area (Å²) in [4.78, 5) is 24.7. The maximum atomic E-state index is 12.8. The molecule has 1 aliphatic rings. The minimum Gasteiger partial charge on any atom is -0.497 e. The van der Waals surface area contributed by atoms with Gasteiger partial charge in [-0.15, -0.1) is 0 Å². The Balaban J connectivity index is 1.52. The summed E-state index contributed by atoms with van der Waals surface area (Å²) >= 11 is 0. The first-order chi connectivity index (χ1) is 14.2. The Hall–Kier alpha value is -3.81. The van der Waals surface area contributed by atoms with E-state index >= 15 is 0 Å². The zero-order chi connectivity index (χ0) is 20.2. The van der Waals surface area contributed by atoms with Gasteiger partial charge in [-0.3, -0.25) is 4.79 Å². The summed E-state index contributed by atoms with van der Waals surface area (Å²) in [6.45, 7) is -0.462. The Bertz CT molecular complexity index is 1010. The van der Waals surface area contributed by atoms with Crippen molar-refractivity contribution in [3.05, 3.63) is 78.1 Å². The van der Waals surface area contributed by atoms with Gasteiger partial charge in [0.1, 0.15) is 17.6 Å². The number of benzene rings is 1. The van der Waals surface area contributed by atoms with Crippen molar-refractivity contribution < 1.29 is 27.9 Å². The van der Waals surface area contributed by atoms with Crippen LogP contribution < -0.4 is 4.74 Å². The highest BCUT2D eigenvalue weighted by molar-refractivity contribution is 6.03. The average Bonchev–Trinajstić information content (AvgIpc) is 3.52. The van der Waals surface area contributed by atoms with Crippen molar-refractivity contribution in [2.75, 3.05) is 13.7 Å². The predicted molar refractivity (Wildman–Crippen MR) is 101 cm³/mol. The Labute approximate surface area is 166 Å². The number of hydrazone groups is 1. The van der Waals surface area contributed by atoms with Crippen molar-refractivity contribution in [1.29, 1.82) is 0 Å². The van der Waals surface area contributed by atoms with Crippen LogP contribution in [0.2, 0.25) is 0 Å². The number of methoxy groups -OCH3 is 1. The molecule has 2 aromatic heterocycles. The number of furan rings is 2. The topological polar surface area (TPSA) is 94.5 Å². The molecule has 0 radical (unpaired) electrons. The quantitative estimate of drug-likeness (QED) is 0.595. The lowest BCUT2D eigenvalue weighted by atomic mass is 10.0. The fourth-order valence-corrected chi connectivity index (χ4v) is 3.06. The predicted octanol–water partition coefficient (Wildman–Crippen LogP) is 3.42. The third-order valence-electron chi connectivity index (χ3n) is 4.51. The number of carbonyl (C=O) groups excluding carboxylic acids is 2. The Morgan fingerprint density at radius 3 is 2.52 bits per heavy atom. The van der Waals surface area contributed by atoms with E-state index in [4.69, 9.17) is 18.3 Å². The van der Waals surface area contributed by atoms with Crippen molar-refractivity contribution in [1.82, 2.24) is 5.01 Å². The largest absolute Gasteiger partial charge is 0.497 e. The van der Waals surface area contributed by atoms with E-state index in [9.17, 15) is 9.59 Å². The first-order valence-electron chi connectivity index (χ1n) is 8.93. The maximum absolute atomic E-state index is 12.8. The lowest BCUT2D eigenvalue weighted by Gasteiger charge is -2.19. The van der Waals surface area contributed by atoms with Gasteiger partial charge < -0.3 is 18.3 Å². The summed E-state index contributed by atoms with van der Waals surface area (Å²) in [7, 11) is 1.60. The Kier molecular flexibility index (Phi) is 5.15. The fourth-order valence-electron chi connectivity index (χ4n) is 3.06. The van der Waals surface area contributed by atoms with Gasteiger partial charge in [-0.1, -0.05) is 0 Å². The van der Waals surface area contributed by atoms with Crippen LogP contribution in [0.1, 0.15) is 34.3 Å². The SMILES string of the molecule is COc1ccc(C2=NN(C(=O)COC(=O)c3ccco3)C(c3ccco3)C2)cc1. The summed E-state index contributed by atoms with van der Waals surface area (Å²) in [5, 5.41) is 5.78. The number of hydrogen-bond donors (Lipinski definition) is 0. The molecule has 3 aromatic rings. The number of rotatable bonds is 6. The van der Waals surface area contributed by atoms with Crippen LogP contribution in [0.15, 0.2) is 75.0 Å². The molecular formula is C21H18N2O6.